The normalized spacial score (nSPS) is 20.9. The highest BCUT2D eigenvalue weighted by molar-refractivity contribution is 6.67. The number of esters is 1. The number of likely N-dealkylation sites (tertiary alicyclic amines) is 1. The maximum absolute atomic E-state index is 11.5. The topological polar surface area (TPSA) is 66.8 Å². The van der Waals surface area contributed by atoms with Gasteiger partial charge in [-0.1, -0.05) is 34.8 Å². The summed E-state index contributed by atoms with van der Waals surface area (Å²) in [5.41, 5.74) is 0. The van der Waals surface area contributed by atoms with Crippen molar-refractivity contribution in [2.75, 3.05) is 13.2 Å². The number of halogens is 3. The third-order valence-corrected chi connectivity index (χ3v) is 2.48. The van der Waals surface area contributed by atoms with Crippen molar-refractivity contribution < 1.29 is 19.4 Å². The van der Waals surface area contributed by atoms with Gasteiger partial charge in [-0.25, -0.2) is 9.59 Å². The molecule has 0 saturated carbocycles. The van der Waals surface area contributed by atoms with E-state index in [-0.39, 0.29) is 6.61 Å². The number of nitrogens with zero attached hydrogens (tertiary/aromatic N) is 1. The lowest BCUT2D eigenvalue weighted by Gasteiger charge is -2.20. The predicted molar refractivity (Wildman–Crippen MR) is 59.0 cm³/mol. The zero-order chi connectivity index (χ0) is 12.3. The van der Waals surface area contributed by atoms with Gasteiger partial charge in [-0.2, -0.15) is 0 Å². The first-order valence-electron chi connectivity index (χ1n) is 4.54. The van der Waals surface area contributed by atoms with Crippen LogP contribution in [0.25, 0.3) is 0 Å². The molecule has 0 unspecified atom stereocenters. The fraction of sp³-hybridized carbons (Fsp3) is 0.750. The fourth-order valence-corrected chi connectivity index (χ4v) is 1.65. The first-order valence-corrected chi connectivity index (χ1v) is 5.67. The van der Waals surface area contributed by atoms with Crippen LogP contribution >= 0.6 is 34.8 Å². The quantitative estimate of drug-likeness (QED) is 0.624. The summed E-state index contributed by atoms with van der Waals surface area (Å²) in [6.45, 7) is -0.0661. The van der Waals surface area contributed by atoms with Crippen LogP contribution in [0.3, 0.4) is 0 Å². The van der Waals surface area contributed by atoms with E-state index in [0.717, 1.165) is 4.90 Å². The van der Waals surface area contributed by atoms with Gasteiger partial charge in [0.2, 0.25) is 3.79 Å². The average molecular weight is 291 g/mol. The molecule has 0 bridgehead atoms. The lowest BCUT2D eigenvalue weighted by molar-refractivity contribution is -0.148. The van der Waals surface area contributed by atoms with Gasteiger partial charge in [-0.05, 0) is 12.8 Å². The standard InChI is InChI=1S/C8H10Cl3NO4/c9-8(10,11)4-16-6(13)5-2-1-3-12(5)7(14)15/h5H,1-4H2,(H,14,15)/t5-/m0/s1. The molecule has 1 saturated heterocycles. The van der Waals surface area contributed by atoms with E-state index >= 15 is 0 Å². The van der Waals surface area contributed by atoms with Crippen LogP contribution in [0, 0.1) is 0 Å². The van der Waals surface area contributed by atoms with Crippen molar-refractivity contribution in [2.24, 2.45) is 0 Å². The smallest absolute Gasteiger partial charge is 0.408 e. The Morgan fingerprint density at radius 2 is 2.06 bits per heavy atom. The molecule has 1 aliphatic rings. The molecule has 0 aliphatic carbocycles. The molecule has 0 aromatic heterocycles. The Hall–Kier alpha value is -0.390. The predicted octanol–water partition coefficient (Wildman–Crippen LogP) is 2.04. The van der Waals surface area contributed by atoms with Crippen molar-refractivity contribution in [1.29, 1.82) is 0 Å². The van der Waals surface area contributed by atoms with Crippen LogP contribution in [0.15, 0.2) is 0 Å². The highest BCUT2D eigenvalue weighted by atomic mass is 35.6. The largest absolute Gasteiger partial charge is 0.465 e. The van der Waals surface area contributed by atoms with Gasteiger partial charge in [0, 0.05) is 6.54 Å². The zero-order valence-electron chi connectivity index (χ0n) is 8.16. The summed E-state index contributed by atoms with van der Waals surface area (Å²) in [5, 5.41) is 8.80. The summed E-state index contributed by atoms with van der Waals surface area (Å²) in [7, 11) is 0. The molecule has 5 nitrogen and oxygen atoms in total. The van der Waals surface area contributed by atoms with Gasteiger partial charge < -0.3 is 9.84 Å². The molecular formula is C8H10Cl3NO4. The Morgan fingerprint density at radius 1 is 1.44 bits per heavy atom. The molecular weight excluding hydrogens is 280 g/mol. The van der Waals surface area contributed by atoms with Crippen LogP contribution in [-0.2, 0) is 9.53 Å². The van der Waals surface area contributed by atoms with Crippen LogP contribution < -0.4 is 0 Å². The van der Waals surface area contributed by atoms with Crippen molar-refractivity contribution in [3.63, 3.8) is 0 Å². The van der Waals surface area contributed by atoms with E-state index in [1.54, 1.807) is 0 Å². The van der Waals surface area contributed by atoms with Crippen LogP contribution in [0.2, 0.25) is 0 Å². The molecule has 0 radical (unpaired) electrons. The maximum Gasteiger partial charge on any atom is 0.408 e. The highest BCUT2D eigenvalue weighted by Crippen LogP contribution is 2.27. The van der Waals surface area contributed by atoms with Crippen molar-refractivity contribution in [1.82, 2.24) is 4.90 Å². The first kappa shape index (κ1) is 13.7. The second-order valence-electron chi connectivity index (χ2n) is 3.36. The van der Waals surface area contributed by atoms with E-state index in [4.69, 9.17) is 44.6 Å². The van der Waals surface area contributed by atoms with Gasteiger partial charge in [-0.3, -0.25) is 4.90 Å². The number of carboxylic acid groups (broad SMARTS) is 1. The highest BCUT2D eigenvalue weighted by Gasteiger charge is 2.36. The van der Waals surface area contributed by atoms with Crippen molar-refractivity contribution in [3.05, 3.63) is 0 Å². The Morgan fingerprint density at radius 3 is 2.56 bits per heavy atom. The number of alkyl halides is 3. The number of amides is 1. The lowest BCUT2D eigenvalue weighted by atomic mass is 10.2. The van der Waals surface area contributed by atoms with E-state index in [0.29, 0.717) is 19.4 Å². The van der Waals surface area contributed by atoms with Crippen molar-refractivity contribution >= 4 is 46.9 Å². The molecule has 1 fully saturated rings. The van der Waals surface area contributed by atoms with Gasteiger partial charge >= 0.3 is 12.1 Å². The molecule has 1 rings (SSSR count). The van der Waals surface area contributed by atoms with Crippen LogP contribution in [0.5, 0.6) is 0 Å². The third kappa shape index (κ3) is 3.88. The molecule has 0 spiro atoms. The summed E-state index contributed by atoms with van der Waals surface area (Å²) in [6, 6.07) is -0.787. The molecule has 1 aliphatic heterocycles. The monoisotopic (exact) mass is 289 g/mol. The number of carbonyl (C=O) groups excluding carboxylic acids is 1. The SMILES string of the molecule is O=C(OCC(Cl)(Cl)Cl)[C@@H]1CCCN1C(=O)O. The maximum atomic E-state index is 11.5. The second kappa shape index (κ2) is 5.29. The Labute approximate surface area is 107 Å². The van der Waals surface area contributed by atoms with Gasteiger partial charge in [0.05, 0.1) is 0 Å². The molecule has 1 atom stereocenters. The van der Waals surface area contributed by atoms with E-state index in [1.807, 2.05) is 0 Å². The van der Waals surface area contributed by atoms with Gasteiger partial charge in [0.15, 0.2) is 0 Å². The minimum absolute atomic E-state index is 0.322. The number of hydrogen-bond acceptors (Lipinski definition) is 3. The van der Waals surface area contributed by atoms with Crippen molar-refractivity contribution in [3.8, 4) is 0 Å². The average Bonchev–Trinajstić information content (AvgIpc) is 2.61. The first-order chi connectivity index (χ1) is 7.31. The van der Waals surface area contributed by atoms with Gasteiger partial charge in [-0.15, -0.1) is 0 Å². The minimum Gasteiger partial charge on any atom is -0.465 e. The molecule has 8 heteroatoms. The fourth-order valence-electron chi connectivity index (χ4n) is 1.49. The number of rotatable bonds is 2. The lowest BCUT2D eigenvalue weighted by Crippen LogP contribution is -2.41. The molecule has 0 aromatic carbocycles. The Kier molecular flexibility index (Phi) is 4.52. The number of carbonyl (C=O) groups is 2. The van der Waals surface area contributed by atoms with E-state index in [1.165, 1.54) is 0 Å². The summed E-state index contributed by atoms with van der Waals surface area (Å²) in [6.07, 6.45) is -0.0847. The van der Waals surface area contributed by atoms with Crippen LogP contribution in [-0.4, -0.2) is 45.1 Å². The third-order valence-electron chi connectivity index (χ3n) is 2.15. The molecule has 1 heterocycles. The zero-order valence-corrected chi connectivity index (χ0v) is 10.4. The van der Waals surface area contributed by atoms with Crippen molar-refractivity contribution in [2.45, 2.75) is 22.7 Å². The number of hydrogen-bond donors (Lipinski definition) is 1. The van der Waals surface area contributed by atoms with E-state index in [9.17, 15) is 9.59 Å². The molecule has 1 N–H and O–H groups in total. The van der Waals surface area contributed by atoms with E-state index < -0.39 is 21.9 Å². The Bertz CT molecular complexity index is 291. The summed E-state index contributed by atoms with van der Waals surface area (Å²) in [4.78, 5) is 23.3. The number of ether oxygens (including phenoxy) is 1. The Balaban J connectivity index is 2.50. The minimum atomic E-state index is -1.68. The van der Waals surface area contributed by atoms with Gasteiger partial charge in [0.25, 0.3) is 0 Å². The molecule has 0 aromatic rings. The van der Waals surface area contributed by atoms with Gasteiger partial charge in [0.1, 0.15) is 12.6 Å². The summed E-state index contributed by atoms with van der Waals surface area (Å²) in [5.74, 6) is -0.675. The molecule has 16 heavy (non-hydrogen) atoms. The van der Waals surface area contributed by atoms with Crippen LogP contribution in [0.1, 0.15) is 12.8 Å². The second-order valence-corrected chi connectivity index (χ2v) is 5.87. The van der Waals surface area contributed by atoms with Crippen LogP contribution in [0.4, 0.5) is 4.79 Å². The molecule has 92 valence electrons. The van der Waals surface area contributed by atoms with E-state index in [2.05, 4.69) is 0 Å². The molecule has 1 amide bonds. The summed E-state index contributed by atoms with van der Waals surface area (Å²) < 4.78 is 3.05. The summed E-state index contributed by atoms with van der Waals surface area (Å²) >= 11 is 16.2.